The second kappa shape index (κ2) is 8.22. The van der Waals surface area contributed by atoms with E-state index in [4.69, 9.17) is 28.0 Å². The number of para-hydroxylation sites is 1. The van der Waals surface area contributed by atoms with Gasteiger partial charge in [-0.1, -0.05) is 29.3 Å². The number of hydroxylamine groups is 2. The molecular formula is C14H17Cl2N3O3. The fourth-order valence-electron chi connectivity index (χ4n) is 1.88. The van der Waals surface area contributed by atoms with E-state index in [1.807, 2.05) is 0 Å². The maximum absolute atomic E-state index is 11.0. The van der Waals surface area contributed by atoms with Crippen molar-refractivity contribution in [1.29, 1.82) is 0 Å². The number of guanidine groups is 1. The van der Waals surface area contributed by atoms with Gasteiger partial charge in [0.1, 0.15) is 0 Å². The number of esters is 1. The van der Waals surface area contributed by atoms with Crippen LogP contribution in [0, 0.1) is 0 Å². The second-order valence-corrected chi connectivity index (χ2v) is 5.36. The van der Waals surface area contributed by atoms with Crippen LogP contribution in [0.1, 0.15) is 12.8 Å². The van der Waals surface area contributed by atoms with Crippen LogP contribution < -0.4 is 5.32 Å². The number of aliphatic imine (C=N–C) groups is 1. The number of nitrogens with one attached hydrogen (secondary N) is 1. The van der Waals surface area contributed by atoms with Crippen molar-refractivity contribution in [2.45, 2.75) is 12.8 Å². The molecule has 1 heterocycles. The van der Waals surface area contributed by atoms with E-state index in [0.717, 1.165) is 0 Å². The molecule has 0 amide bonds. The zero-order valence-electron chi connectivity index (χ0n) is 12.1. The van der Waals surface area contributed by atoms with Gasteiger partial charge in [-0.05, 0) is 18.6 Å². The van der Waals surface area contributed by atoms with Crippen LogP contribution in [0.15, 0.2) is 23.2 Å². The molecule has 0 radical (unpaired) electrons. The zero-order valence-corrected chi connectivity index (χ0v) is 13.7. The molecule has 0 fully saturated rings. The highest BCUT2D eigenvalue weighted by Crippen LogP contribution is 2.30. The summed E-state index contributed by atoms with van der Waals surface area (Å²) in [6.45, 7) is 1.64. The van der Waals surface area contributed by atoms with Gasteiger partial charge in [0.2, 0.25) is 5.96 Å². The normalized spacial score (nSPS) is 14.0. The first kappa shape index (κ1) is 16.9. The first-order valence-corrected chi connectivity index (χ1v) is 7.60. The van der Waals surface area contributed by atoms with E-state index in [1.54, 1.807) is 23.3 Å². The van der Waals surface area contributed by atoms with Crippen molar-refractivity contribution in [2.24, 2.45) is 4.99 Å². The topological polar surface area (TPSA) is 63.2 Å². The minimum Gasteiger partial charge on any atom is -0.469 e. The lowest BCUT2D eigenvalue weighted by atomic mass is 10.3. The Kier molecular flexibility index (Phi) is 6.30. The van der Waals surface area contributed by atoms with Crippen LogP contribution in [-0.4, -0.2) is 43.8 Å². The largest absolute Gasteiger partial charge is 0.469 e. The molecule has 6 nitrogen and oxygen atoms in total. The molecule has 0 unspecified atom stereocenters. The quantitative estimate of drug-likeness (QED) is 0.634. The van der Waals surface area contributed by atoms with Crippen molar-refractivity contribution in [3.63, 3.8) is 0 Å². The lowest BCUT2D eigenvalue weighted by molar-refractivity contribution is -0.142. The van der Waals surface area contributed by atoms with E-state index in [1.165, 1.54) is 7.11 Å². The van der Waals surface area contributed by atoms with Crippen LogP contribution in [-0.2, 0) is 14.4 Å². The van der Waals surface area contributed by atoms with Crippen LogP contribution >= 0.6 is 23.2 Å². The van der Waals surface area contributed by atoms with Crippen LogP contribution in [0.4, 0.5) is 5.69 Å². The molecule has 0 spiro atoms. The summed E-state index contributed by atoms with van der Waals surface area (Å²) in [7, 11) is 1.37. The van der Waals surface area contributed by atoms with Gasteiger partial charge in [-0.2, -0.15) is 0 Å². The molecule has 0 saturated heterocycles. The number of rotatable bonds is 6. The second-order valence-electron chi connectivity index (χ2n) is 4.54. The molecule has 1 aromatic rings. The Hall–Kier alpha value is -1.50. The van der Waals surface area contributed by atoms with E-state index in [2.05, 4.69) is 15.0 Å². The average molecular weight is 346 g/mol. The van der Waals surface area contributed by atoms with Gasteiger partial charge < -0.3 is 10.1 Å². The van der Waals surface area contributed by atoms with E-state index in [0.29, 0.717) is 54.2 Å². The Balaban J connectivity index is 1.87. The summed E-state index contributed by atoms with van der Waals surface area (Å²) in [5, 5.41) is 5.73. The van der Waals surface area contributed by atoms with Gasteiger partial charge in [0, 0.05) is 6.42 Å². The standard InChI is InChI=1S/C14H17Cl2N3O3/c1-21-12(20)6-3-9-22-19-8-7-17-14(19)18-13-10(15)4-2-5-11(13)16/h2,4-5H,3,6-9H2,1H3,(H,17,18). The summed E-state index contributed by atoms with van der Waals surface area (Å²) in [4.78, 5) is 21.0. The Labute approximate surface area is 138 Å². The lowest BCUT2D eigenvalue weighted by Gasteiger charge is -2.21. The van der Waals surface area contributed by atoms with Crippen molar-refractivity contribution >= 4 is 40.8 Å². The van der Waals surface area contributed by atoms with Crippen molar-refractivity contribution in [1.82, 2.24) is 5.06 Å². The number of hydrogen-bond donors (Lipinski definition) is 1. The lowest BCUT2D eigenvalue weighted by Crippen LogP contribution is -2.33. The fourth-order valence-corrected chi connectivity index (χ4v) is 2.37. The van der Waals surface area contributed by atoms with Crippen molar-refractivity contribution in [2.75, 3.05) is 32.1 Å². The first-order valence-electron chi connectivity index (χ1n) is 6.84. The highest BCUT2D eigenvalue weighted by molar-refractivity contribution is 6.39. The summed E-state index contributed by atoms with van der Waals surface area (Å²) in [6, 6.07) is 5.26. The average Bonchev–Trinajstić information content (AvgIpc) is 2.94. The van der Waals surface area contributed by atoms with Gasteiger partial charge in [0.05, 0.1) is 42.5 Å². The zero-order chi connectivity index (χ0) is 15.9. The summed E-state index contributed by atoms with van der Waals surface area (Å²) >= 11 is 12.2. The number of benzene rings is 1. The molecule has 1 aliphatic rings. The molecule has 0 atom stereocenters. The predicted octanol–water partition coefficient (Wildman–Crippen LogP) is 2.96. The Morgan fingerprint density at radius 1 is 1.41 bits per heavy atom. The molecule has 120 valence electrons. The Morgan fingerprint density at radius 2 is 2.14 bits per heavy atom. The predicted molar refractivity (Wildman–Crippen MR) is 86.3 cm³/mol. The molecule has 0 aliphatic carbocycles. The van der Waals surface area contributed by atoms with Gasteiger partial charge in [-0.25, -0.2) is 10.1 Å². The van der Waals surface area contributed by atoms with Gasteiger partial charge in [-0.15, -0.1) is 0 Å². The first-order chi connectivity index (χ1) is 10.6. The summed E-state index contributed by atoms with van der Waals surface area (Å²) in [5.74, 6) is 0.299. The van der Waals surface area contributed by atoms with Crippen molar-refractivity contribution in [3.8, 4) is 0 Å². The Bertz CT molecular complexity index is 546. The number of nitrogens with zero attached hydrogens (tertiary/aromatic N) is 2. The number of anilines is 1. The molecule has 2 rings (SSSR count). The van der Waals surface area contributed by atoms with E-state index in [-0.39, 0.29) is 5.97 Å². The van der Waals surface area contributed by atoms with Gasteiger partial charge in [0.15, 0.2) is 0 Å². The number of ether oxygens (including phenoxy) is 1. The molecule has 8 heteroatoms. The summed E-state index contributed by atoms with van der Waals surface area (Å²) in [5.41, 5.74) is 0.592. The molecule has 1 aliphatic heterocycles. The van der Waals surface area contributed by atoms with E-state index < -0.39 is 0 Å². The third-order valence-electron chi connectivity index (χ3n) is 3.00. The molecule has 0 saturated carbocycles. The van der Waals surface area contributed by atoms with Gasteiger partial charge in [-0.3, -0.25) is 9.63 Å². The Morgan fingerprint density at radius 3 is 2.82 bits per heavy atom. The van der Waals surface area contributed by atoms with Gasteiger partial charge in [0.25, 0.3) is 0 Å². The van der Waals surface area contributed by atoms with Gasteiger partial charge >= 0.3 is 5.97 Å². The van der Waals surface area contributed by atoms with Crippen molar-refractivity contribution < 1.29 is 14.4 Å². The maximum Gasteiger partial charge on any atom is 0.305 e. The minimum atomic E-state index is -0.250. The smallest absolute Gasteiger partial charge is 0.305 e. The molecule has 0 bridgehead atoms. The van der Waals surface area contributed by atoms with Crippen LogP contribution in [0.3, 0.4) is 0 Å². The highest BCUT2D eigenvalue weighted by Gasteiger charge is 2.20. The molecule has 1 N–H and O–H groups in total. The number of halogens is 2. The summed E-state index contributed by atoms with van der Waals surface area (Å²) in [6.07, 6.45) is 0.893. The minimum absolute atomic E-state index is 0.250. The third-order valence-corrected chi connectivity index (χ3v) is 3.63. The maximum atomic E-state index is 11.0. The van der Waals surface area contributed by atoms with Crippen LogP contribution in [0.2, 0.25) is 10.0 Å². The number of methoxy groups -OCH3 is 1. The number of hydrogen-bond acceptors (Lipinski definition) is 6. The van der Waals surface area contributed by atoms with E-state index in [9.17, 15) is 4.79 Å². The van der Waals surface area contributed by atoms with Crippen LogP contribution in [0.5, 0.6) is 0 Å². The molecule has 1 aromatic carbocycles. The molecular weight excluding hydrogens is 329 g/mol. The highest BCUT2D eigenvalue weighted by atomic mass is 35.5. The monoisotopic (exact) mass is 345 g/mol. The molecule has 22 heavy (non-hydrogen) atoms. The van der Waals surface area contributed by atoms with Crippen molar-refractivity contribution in [3.05, 3.63) is 28.2 Å². The SMILES string of the molecule is COC(=O)CCCON1CCN=C1Nc1c(Cl)cccc1Cl. The fraction of sp³-hybridized carbons (Fsp3) is 0.429. The third kappa shape index (κ3) is 4.50. The molecule has 0 aromatic heterocycles. The number of carbonyl (C=O) groups excluding carboxylic acids is 1. The van der Waals surface area contributed by atoms with E-state index >= 15 is 0 Å². The van der Waals surface area contributed by atoms with Crippen LogP contribution in [0.25, 0.3) is 0 Å². The number of carbonyl (C=O) groups is 1. The summed E-state index contributed by atoms with van der Waals surface area (Å²) < 4.78 is 4.58.